The number of fused-ring (bicyclic) bond motifs is 1. The lowest BCUT2D eigenvalue weighted by atomic mass is 10.1. The summed E-state index contributed by atoms with van der Waals surface area (Å²) in [6, 6.07) is 3.68. The Morgan fingerprint density at radius 2 is 2.28 bits per heavy atom. The summed E-state index contributed by atoms with van der Waals surface area (Å²) >= 11 is 0. The quantitative estimate of drug-likeness (QED) is 0.705. The first kappa shape index (κ1) is 15.6. The lowest BCUT2D eigenvalue weighted by Gasteiger charge is -2.32. The van der Waals surface area contributed by atoms with Crippen LogP contribution in [0.15, 0.2) is 43.2 Å². The lowest BCUT2D eigenvalue weighted by molar-refractivity contribution is -0.0246. The molecule has 0 bridgehead atoms. The Kier molecular flexibility index (Phi) is 4.34. The Labute approximate surface area is 144 Å². The summed E-state index contributed by atoms with van der Waals surface area (Å²) in [4.78, 5) is 27.1. The number of aryl methyl sites for hydroxylation is 1. The van der Waals surface area contributed by atoms with Crippen LogP contribution in [0.3, 0.4) is 0 Å². The molecule has 0 radical (unpaired) electrons. The topological polar surface area (TPSA) is 85.5 Å². The zero-order chi connectivity index (χ0) is 17.1. The van der Waals surface area contributed by atoms with Gasteiger partial charge in [0.25, 0.3) is 5.91 Å². The fraction of sp³-hybridized carbons (Fsp3) is 0.353. The molecule has 128 valence electrons. The zero-order valence-corrected chi connectivity index (χ0v) is 13.7. The van der Waals surface area contributed by atoms with E-state index in [1.54, 1.807) is 41.7 Å². The van der Waals surface area contributed by atoms with E-state index < -0.39 is 0 Å². The highest BCUT2D eigenvalue weighted by atomic mass is 16.5. The maximum Gasteiger partial charge on any atom is 0.259 e. The third-order valence-corrected chi connectivity index (χ3v) is 4.30. The predicted octanol–water partition coefficient (Wildman–Crippen LogP) is 0.993. The van der Waals surface area contributed by atoms with Gasteiger partial charge in [0.2, 0.25) is 0 Å². The molecule has 0 N–H and O–H groups in total. The van der Waals surface area contributed by atoms with E-state index in [0.717, 1.165) is 18.5 Å². The van der Waals surface area contributed by atoms with Crippen LogP contribution in [-0.4, -0.2) is 61.2 Å². The molecule has 3 aromatic heterocycles. The third-order valence-electron chi connectivity index (χ3n) is 4.30. The molecule has 0 aromatic carbocycles. The molecule has 1 aliphatic heterocycles. The average molecular weight is 338 g/mol. The second-order valence-corrected chi connectivity index (χ2v) is 5.93. The summed E-state index contributed by atoms with van der Waals surface area (Å²) in [7, 11) is 0. The van der Waals surface area contributed by atoms with Gasteiger partial charge in [-0.1, -0.05) is 0 Å². The normalized spacial score (nSPS) is 17.8. The highest BCUT2D eigenvalue weighted by molar-refractivity contribution is 5.99. The zero-order valence-electron chi connectivity index (χ0n) is 13.7. The van der Waals surface area contributed by atoms with Crippen molar-refractivity contribution in [3.8, 4) is 0 Å². The van der Waals surface area contributed by atoms with Gasteiger partial charge in [-0.25, -0.2) is 19.5 Å². The minimum Gasteiger partial charge on any atom is -0.375 e. The Hall–Kier alpha value is -2.87. The summed E-state index contributed by atoms with van der Waals surface area (Å²) in [5, 5.41) is 4.19. The van der Waals surface area contributed by atoms with Gasteiger partial charge < -0.3 is 9.64 Å². The Balaban J connectivity index is 1.43. The van der Waals surface area contributed by atoms with E-state index in [4.69, 9.17) is 4.74 Å². The molecule has 1 saturated heterocycles. The van der Waals surface area contributed by atoms with Gasteiger partial charge in [0.15, 0.2) is 5.65 Å². The predicted molar refractivity (Wildman–Crippen MR) is 89.0 cm³/mol. The number of morpholine rings is 1. The van der Waals surface area contributed by atoms with Gasteiger partial charge in [-0.2, -0.15) is 5.10 Å². The average Bonchev–Trinajstić information content (AvgIpc) is 3.11. The molecule has 1 amide bonds. The molecule has 4 heterocycles. The standard InChI is InChI=1S/C17H18N6O2/c24-17(15-10-21-23-7-1-5-19-16(15)23)22-8-9-25-14(11-22)3-2-13-4-6-18-12-20-13/h1,4-7,10,12,14H,2-3,8-9,11H2/t14-/m1/s1. The van der Waals surface area contributed by atoms with Crippen molar-refractivity contribution < 1.29 is 9.53 Å². The molecule has 0 unspecified atom stereocenters. The number of carbonyl (C=O) groups excluding carboxylic acids is 1. The van der Waals surface area contributed by atoms with Crippen LogP contribution >= 0.6 is 0 Å². The van der Waals surface area contributed by atoms with Crippen LogP contribution in [0.1, 0.15) is 22.5 Å². The third kappa shape index (κ3) is 3.34. The minimum absolute atomic E-state index is 0.00228. The molecule has 1 fully saturated rings. The maximum atomic E-state index is 12.9. The van der Waals surface area contributed by atoms with Gasteiger partial charge in [-0.3, -0.25) is 4.79 Å². The van der Waals surface area contributed by atoms with Crippen LogP contribution in [0.2, 0.25) is 0 Å². The van der Waals surface area contributed by atoms with Crippen LogP contribution in [-0.2, 0) is 11.2 Å². The smallest absolute Gasteiger partial charge is 0.259 e. The molecule has 0 saturated carbocycles. The van der Waals surface area contributed by atoms with Crippen molar-refractivity contribution in [2.75, 3.05) is 19.7 Å². The van der Waals surface area contributed by atoms with Crippen molar-refractivity contribution in [1.82, 2.24) is 29.5 Å². The highest BCUT2D eigenvalue weighted by Crippen LogP contribution is 2.16. The lowest BCUT2D eigenvalue weighted by Crippen LogP contribution is -2.45. The van der Waals surface area contributed by atoms with Crippen molar-refractivity contribution >= 4 is 11.6 Å². The van der Waals surface area contributed by atoms with E-state index >= 15 is 0 Å². The number of amides is 1. The van der Waals surface area contributed by atoms with E-state index in [2.05, 4.69) is 20.1 Å². The number of nitrogens with zero attached hydrogens (tertiary/aromatic N) is 6. The number of aromatic nitrogens is 5. The fourth-order valence-electron chi connectivity index (χ4n) is 3.00. The first-order chi connectivity index (χ1) is 12.3. The Morgan fingerprint density at radius 3 is 3.16 bits per heavy atom. The second-order valence-electron chi connectivity index (χ2n) is 5.93. The first-order valence-corrected chi connectivity index (χ1v) is 8.25. The van der Waals surface area contributed by atoms with Gasteiger partial charge in [0.1, 0.15) is 11.9 Å². The Morgan fingerprint density at radius 1 is 1.32 bits per heavy atom. The minimum atomic E-state index is -0.0518. The molecule has 4 rings (SSSR count). The van der Waals surface area contributed by atoms with Crippen LogP contribution in [0.25, 0.3) is 5.65 Å². The summed E-state index contributed by atoms with van der Waals surface area (Å²) in [5.74, 6) is -0.0518. The molecule has 0 aliphatic carbocycles. The SMILES string of the molecule is O=C(c1cnn2cccnc12)N1CCO[C@H](CCc2ccncn2)C1. The van der Waals surface area contributed by atoms with E-state index in [9.17, 15) is 4.79 Å². The monoisotopic (exact) mass is 338 g/mol. The summed E-state index contributed by atoms with van der Waals surface area (Å²) < 4.78 is 7.42. The number of rotatable bonds is 4. The van der Waals surface area contributed by atoms with Crippen LogP contribution in [0, 0.1) is 0 Å². The van der Waals surface area contributed by atoms with E-state index in [1.165, 1.54) is 0 Å². The Bertz CT molecular complexity index is 866. The second kappa shape index (κ2) is 6.94. The number of carbonyl (C=O) groups is 1. The first-order valence-electron chi connectivity index (χ1n) is 8.25. The van der Waals surface area contributed by atoms with Gasteiger partial charge in [-0.15, -0.1) is 0 Å². The summed E-state index contributed by atoms with van der Waals surface area (Å²) in [6.07, 6.45) is 9.92. The molecule has 0 spiro atoms. The van der Waals surface area contributed by atoms with Crippen LogP contribution in [0.4, 0.5) is 0 Å². The van der Waals surface area contributed by atoms with Crippen molar-refractivity contribution in [2.24, 2.45) is 0 Å². The molecular weight excluding hydrogens is 320 g/mol. The summed E-state index contributed by atoms with van der Waals surface area (Å²) in [5.41, 5.74) is 2.09. The van der Waals surface area contributed by atoms with Crippen molar-refractivity contribution in [3.05, 3.63) is 54.5 Å². The number of hydrogen-bond donors (Lipinski definition) is 0. The molecule has 8 nitrogen and oxygen atoms in total. The molecule has 1 atom stereocenters. The van der Waals surface area contributed by atoms with Crippen LogP contribution < -0.4 is 0 Å². The van der Waals surface area contributed by atoms with Crippen molar-refractivity contribution in [1.29, 1.82) is 0 Å². The molecule has 1 aliphatic rings. The molecule has 3 aromatic rings. The van der Waals surface area contributed by atoms with Crippen LogP contribution in [0.5, 0.6) is 0 Å². The van der Waals surface area contributed by atoms with Crippen molar-refractivity contribution in [3.63, 3.8) is 0 Å². The maximum absolute atomic E-state index is 12.9. The summed E-state index contributed by atoms with van der Waals surface area (Å²) in [6.45, 7) is 1.67. The molecular formula is C17H18N6O2. The van der Waals surface area contributed by atoms with Gasteiger partial charge in [0, 0.05) is 37.4 Å². The van der Waals surface area contributed by atoms with E-state index in [-0.39, 0.29) is 12.0 Å². The fourth-order valence-corrected chi connectivity index (χ4v) is 3.00. The van der Waals surface area contributed by atoms with Gasteiger partial charge >= 0.3 is 0 Å². The molecule has 8 heteroatoms. The largest absolute Gasteiger partial charge is 0.375 e. The van der Waals surface area contributed by atoms with Crippen molar-refractivity contribution in [2.45, 2.75) is 18.9 Å². The van der Waals surface area contributed by atoms with E-state index in [1.807, 2.05) is 11.0 Å². The van der Waals surface area contributed by atoms with E-state index in [0.29, 0.717) is 30.9 Å². The van der Waals surface area contributed by atoms with Gasteiger partial charge in [-0.05, 0) is 25.0 Å². The molecule has 25 heavy (non-hydrogen) atoms. The number of ether oxygens (including phenoxy) is 1. The van der Waals surface area contributed by atoms with Gasteiger partial charge in [0.05, 0.1) is 18.9 Å². The number of hydrogen-bond acceptors (Lipinski definition) is 6. The highest BCUT2D eigenvalue weighted by Gasteiger charge is 2.27.